The van der Waals surface area contributed by atoms with E-state index in [0.29, 0.717) is 13.1 Å². The first-order valence-corrected chi connectivity index (χ1v) is 7.04. The first-order valence-electron chi connectivity index (χ1n) is 5.60. The van der Waals surface area contributed by atoms with E-state index in [0.717, 1.165) is 0 Å². The molecule has 0 aliphatic rings. The van der Waals surface area contributed by atoms with Crippen LogP contribution in [-0.2, 0) is 10.0 Å². The Labute approximate surface area is 106 Å². The third-order valence-corrected chi connectivity index (χ3v) is 4.97. The van der Waals surface area contributed by atoms with E-state index >= 15 is 0 Å². The number of nitro groups is 1. The van der Waals surface area contributed by atoms with E-state index < -0.39 is 14.9 Å². The van der Waals surface area contributed by atoms with Crippen molar-refractivity contribution in [3.63, 3.8) is 0 Å². The number of hydrogen-bond acceptors (Lipinski definition) is 4. The Balaban J connectivity index is 3.43. The van der Waals surface area contributed by atoms with Crippen molar-refractivity contribution in [3.05, 3.63) is 33.9 Å². The highest BCUT2D eigenvalue weighted by molar-refractivity contribution is 7.89. The van der Waals surface area contributed by atoms with Gasteiger partial charge in [-0.05, 0) is 13.0 Å². The van der Waals surface area contributed by atoms with Crippen LogP contribution in [0.2, 0.25) is 0 Å². The zero-order valence-electron chi connectivity index (χ0n) is 10.6. The Morgan fingerprint density at radius 1 is 1.28 bits per heavy atom. The van der Waals surface area contributed by atoms with Crippen LogP contribution in [0.1, 0.15) is 19.4 Å². The molecule has 0 heterocycles. The molecular formula is C11H16N2O4S. The van der Waals surface area contributed by atoms with E-state index in [1.165, 1.54) is 29.4 Å². The van der Waals surface area contributed by atoms with Gasteiger partial charge in [-0.15, -0.1) is 0 Å². The topological polar surface area (TPSA) is 80.5 Å². The van der Waals surface area contributed by atoms with Gasteiger partial charge in [0.1, 0.15) is 0 Å². The summed E-state index contributed by atoms with van der Waals surface area (Å²) in [5.74, 6) is 0. The predicted octanol–water partition coefficient (Wildman–Crippen LogP) is 1.93. The highest BCUT2D eigenvalue weighted by Crippen LogP contribution is 2.26. The van der Waals surface area contributed by atoms with Crippen molar-refractivity contribution >= 4 is 15.7 Å². The van der Waals surface area contributed by atoms with Crippen molar-refractivity contribution < 1.29 is 13.3 Å². The van der Waals surface area contributed by atoms with E-state index in [1.807, 2.05) is 0 Å². The molecule has 18 heavy (non-hydrogen) atoms. The molecule has 0 N–H and O–H groups in total. The number of benzene rings is 1. The Morgan fingerprint density at radius 3 is 2.28 bits per heavy atom. The molecule has 0 aliphatic heterocycles. The van der Waals surface area contributed by atoms with Crippen LogP contribution < -0.4 is 0 Å². The Hall–Kier alpha value is -1.47. The molecule has 100 valence electrons. The minimum Gasteiger partial charge on any atom is -0.258 e. The van der Waals surface area contributed by atoms with Crippen molar-refractivity contribution in [3.8, 4) is 0 Å². The van der Waals surface area contributed by atoms with Crippen LogP contribution >= 0.6 is 0 Å². The highest BCUT2D eigenvalue weighted by Gasteiger charge is 2.26. The molecule has 0 aliphatic carbocycles. The van der Waals surface area contributed by atoms with Crippen molar-refractivity contribution in [1.82, 2.24) is 4.31 Å². The molecular weight excluding hydrogens is 256 g/mol. The van der Waals surface area contributed by atoms with Crippen molar-refractivity contribution in [1.29, 1.82) is 0 Å². The number of sulfonamides is 1. The molecule has 1 aromatic rings. The minimum absolute atomic E-state index is 0.000370. The summed E-state index contributed by atoms with van der Waals surface area (Å²) in [6.45, 7) is 5.58. The second-order valence-electron chi connectivity index (χ2n) is 3.75. The van der Waals surface area contributed by atoms with Gasteiger partial charge < -0.3 is 0 Å². The summed E-state index contributed by atoms with van der Waals surface area (Å²) in [6, 6.07) is 4.09. The van der Waals surface area contributed by atoms with Crippen LogP contribution in [0, 0.1) is 17.0 Å². The Morgan fingerprint density at radius 2 is 1.83 bits per heavy atom. The monoisotopic (exact) mass is 272 g/mol. The SMILES string of the molecule is CCN(CC)S(=O)(=O)c1cccc([N+](=O)[O-])c1C. The van der Waals surface area contributed by atoms with E-state index in [4.69, 9.17) is 0 Å². The third kappa shape index (κ3) is 2.51. The van der Waals surface area contributed by atoms with E-state index in [-0.39, 0.29) is 16.1 Å². The molecule has 0 saturated carbocycles. The Kier molecular flexibility index (Phi) is 4.42. The fourth-order valence-electron chi connectivity index (χ4n) is 1.78. The minimum atomic E-state index is -3.66. The summed E-state index contributed by atoms with van der Waals surface area (Å²) in [5.41, 5.74) is -0.00219. The van der Waals surface area contributed by atoms with Gasteiger partial charge in [-0.25, -0.2) is 8.42 Å². The second-order valence-corrected chi connectivity index (χ2v) is 5.65. The van der Waals surface area contributed by atoms with E-state index in [9.17, 15) is 18.5 Å². The van der Waals surface area contributed by atoms with Gasteiger partial charge in [-0.1, -0.05) is 19.9 Å². The van der Waals surface area contributed by atoms with Gasteiger partial charge in [0.05, 0.1) is 9.82 Å². The van der Waals surface area contributed by atoms with Gasteiger partial charge >= 0.3 is 0 Å². The third-order valence-electron chi connectivity index (χ3n) is 2.78. The maximum absolute atomic E-state index is 12.3. The summed E-state index contributed by atoms with van der Waals surface area (Å²) in [7, 11) is -3.66. The maximum Gasteiger partial charge on any atom is 0.273 e. The average Bonchev–Trinajstić information content (AvgIpc) is 2.29. The van der Waals surface area contributed by atoms with Crippen LogP contribution in [0.4, 0.5) is 5.69 Å². The fourth-order valence-corrected chi connectivity index (χ4v) is 3.48. The molecule has 0 unspecified atom stereocenters. The molecule has 1 aromatic carbocycles. The molecule has 1 rings (SSSR count). The van der Waals surface area contributed by atoms with Crippen LogP contribution in [-0.4, -0.2) is 30.7 Å². The van der Waals surface area contributed by atoms with Gasteiger partial charge in [-0.3, -0.25) is 10.1 Å². The lowest BCUT2D eigenvalue weighted by Gasteiger charge is -2.19. The molecule has 0 spiro atoms. The van der Waals surface area contributed by atoms with Crippen LogP contribution in [0.25, 0.3) is 0 Å². The normalized spacial score (nSPS) is 11.8. The lowest BCUT2D eigenvalue weighted by Crippen LogP contribution is -2.31. The molecule has 7 heteroatoms. The van der Waals surface area contributed by atoms with Gasteiger partial charge in [0.15, 0.2) is 0 Å². The van der Waals surface area contributed by atoms with Crippen molar-refractivity contribution in [2.75, 3.05) is 13.1 Å². The molecule has 0 saturated heterocycles. The van der Waals surface area contributed by atoms with E-state index in [1.54, 1.807) is 13.8 Å². The first-order chi connectivity index (χ1) is 8.36. The molecule has 0 bridgehead atoms. The van der Waals surface area contributed by atoms with Crippen molar-refractivity contribution in [2.45, 2.75) is 25.7 Å². The maximum atomic E-state index is 12.3. The van der Waals surface area contributed by atoms with Crippen LogP contribution in [0.3, 0.4) is 0 Å². The predicted molar refractivity (Wildman–Crippen MR) is 67.9 cm³/mol. The number of hydrogen-bond donors (Lipinski definition) is 0. The summed E-state index contributed by atoms with van der Waals surface area (Å²) >= 11 is 0. The molecule has 0 fully saturated rings. The number of nitrogens with zero attached hydrogens (tertiary/aromatic N) is 2. The van der Waals surface area contributed by atoms with Gasteiger partial charge in [0.2, 0.25) is 10.0 Å². The molecule has 0 radical (unpaired) electrons. The summed E-state index contributed by atoms with van der Waals surface area (Å²) in [5, 5.41) is 10.8. The smallest absolute Gasteiger partial charge is 0.258 e. The first kappa shape index (κ1) is 14.6. The quantitative estimate of drug-likeness (QED) is 0.606. The number of rotatable bonds is 5. The average molecular weight is 272 g/mol. The zero-order valence-corrected chi connectivity index (χ0v) is 11.4. The van der Waals surface area contributed by atoms with Crippen LogP contribution in [0.15, 0.2) is 23.1 Å². The molecule has 0 atom stereocenters. The summed E-state index contributed by atoms with van der Waals surface area (Å²) in [4.78, 5) is 10.2. The van der Waals surface area contributed by atoms with Gasteiger partial charge in [0, 0.05) is 24.7 Å². The number of nitro benzene ring substituents is 1. The summed E-state index contributed by atoms with van der Waals surface area (Å²) < 4.78 is 25.9. The second kappa shape index (κ2) is 5.45. The van der Waals surface area contributed by atoms with Gasteiger partial charge in [0.25, 0.3) is 5.69 Å². The lowest BCUT2D eigenvalue weighted by molar-refractivity contribution is -0.385. The lowest BCUT2D eigenvalue weighted by atomic mass is 10.2. The molecule has 0 aromatic heterocycles. The van der Waals surface area contributed by atoms with E-state index in [2.05, 4.69) is 0 Å². The molecule has 0 amide bonds. The zero-order chi connectivity index (χ0) is 13.9. The molecule has 6 nitrogen and oxygen atoms in total. The van der Waals surface area contributed by atoms with Crippen LogP contribution in [0.5, 0.6) is 0 Å². The van der Waals surface area contributed by atoms with Gasteiger partial charge in [-0.2, -0.15) is 4.31 Å². The summed E-state index contributed by atoms with van der Waals surface area (Å²) in [6.07, 6.45) is 0. The Bertz CT molecular complexity index is 550. The standard InChI is InChI=1S/C11H16N2O4S/c1-4-12(5-2)18(16,17)11-8-6-7-10(9(11)3)13(14)15/h6-8H,4-5H2,1-3H3. The fraction of sp³-hybridized carbons (Fsp3) is 0.455. The highest BCUT2D eigenvalue weighted by atomic mass is 32.2. The largest absolute Gasteiger partial charge is 0.273 e. The van der Waals surface area contributed by atoms with Crippen molar-refractivity contribution in [2.24, 2.45) is 0 Å².